The van der Waals surface area contributed by atoms with Crippen LogP contribution in [0.3, 0.4) is 0 Å². The number of hydrogen-bond acceptors (Lipinski definition) is 4. The lowest BCUT2D eigenvalue weighted by molar-refractivity contribution is 0.0996. The summed E-state index contributed by atoms with van der Waals surface area (Å²) in [6.07, 6.45) is 2.99. The van der Waals surface area contributed by atoms with Gasteiger partial charge in [0.2, 0.25) is 5.78 Å². The van der Waals surface area contributed by atoms with E-state index in [0.717, 1.165) is 5.56 Å². The fourth-order valence-electron chi connectivity index (χ4n) is 2.82. The number of carbonyl (C=O) groups excluding carboxylic acids is 1. The van der Waals surface area contributed by atoms with E-state index in [0.29, 0.717) is 23.5 Å². The van der Waals surface area contributed by atoms with Crippen molar-refractivity contribution in [2.24, 2.45) is 12.8 Å². The normalized spacial score (nSPS) is 11.4. The average Bonchev–Trinajstić information content (AvgIpc) is 3.19. The van der Waals surface area contributed by atoms with Crippen LogP contribution in [-0.4, -0.2) is 29.4 Å². The van der Waals surface area contributed by atoms with E-state index >= 15 is 0 Å². The number of amides is 1. The van der Waals surface area contributed by atoms with Crippen molar-refractivity contribution in [2.45, 2.75) is 6.54 Å². The molecule has 0 radical (unpaired) electrons. The smallest absolute Gasteiger partial charge is 0.285 e. The number of aryl methyl sites for hydroxylation is 1. The van der Waals surface area contributed by atoms with Crippen molar-refractivity contribution >= 4 is 22.8 Å². The highest BCUT2D eigenvalue weighted by Crippen LogP contribution is 2.13. The van der Waals surface area contributed by atoms with Crippen molar-refractivity contribution in [2.75, 3.05) is 0 Å². The molecule has 0 fully saturated rings. The predicted molar refractivity (Wildman–Crippen MR) is 87.8 cm³/mol. The number of nitrogens with zero attached hydrogens (tertiary/aromatic N) is 5. The second-order valence-electron chi connectivity index (χ2n) is 5.55. The number of carbonyl (C=O) groups is 1. The number of hydrogen-bond donors (Lipinski definition) is 1. The van der Waals surface area contributed by atoms with Gasteiger partial charge in [-0.25, -0.2) is 14.4 Å². The Morgan fingerprint density at radius 3 is 2.71 bits per heavy atom. The van der Waals surface area contributed by atoms with E-state index in [1.165, 1.54) is 10.6 Å². The van der Waals surface area contributed by atoms with Crippen LogP contribution in [0.2, 0.25) is 0 Å². The van der Waals surface area contributed by atoms with Gasteiger partial charge in [-0.15, -0.1) is 0 Å². The number of benzene rings is 1. The molecule has 4 rings (SSSR count). The Hall–Kier alpha value is -3.42. The monoisotopic (exact) mass is 322 g/mol. The Labute approximate surface area is 135 Å². The molecule has 0 aliphatic heterocycles. The standard InChI is InChI=1S/C16H14N6O2/c1-20-14-12(15(24)22-8-11(13(17)23)19-16(20)22)21(9-18-14)7-10-5-3-2-4-6-10/h2-6,8-9H,7H2,1H3,(H2,17,23). The number of fused-ring (bicyclic) bond motifs is 2. The molecule has 24 heavy (non-hydrogen) atoms. The minimum Gasteiger partial charge on any atom is -0.364 e. The average molecular weight is 322 g/mol. The molecule has 3 aromatic heterocycles. The Morgan fingerprint density at radius 1 is 1.25 bits per heavy atom. The quantitative estimate of drug-likeness (QED) is 0.594. The van der Waals surface area contributed by atoms with Crippen molar-refractivity contribution < 1.29 is 4.79 Å². The summed E-state index contributed by atoms with van der Waals surface area (Å²) in [5, 5.41) is 0. The van der Waals surface area contributed by atoms with E-state index in [1.54, 1.807) is 22.5 Å². The van der Waals surface area contributed by atoms with Crippen LogP contribution in [0.1, 0.15) is 16.1 Å². The summed E-state index contributed by atoms with van der Waals surface area (Å²) in [4.78, 5) is 32.6. The summed E-state index contributed by atoms with van der Waals surface area (Å²) in [6.45, 7) is 0.523. The van der Waals surface area contributed by atoms with Crippen LogP contribution < -0.4 is 11.3 Å². The molecule has 3 heterocycles. The van der Waals surface area contributed by atoms with Crippen molar-refractivity contribution in [3.05, 3.63) is 64.5 Å². The van der Waals surface area contributed by atoms with Crippen LogP contribution >= 0.6 is 0 Å². The molecule has 1 aromatic carbocycles. The largest absolute Gasteiger partial charge is 0.364 e. The zero-order valence-corrected chi connectivity index (χ0v) is 12.9. The molecule has 0 spiro atoms. The molecule has 0 atom stereocenters. The molecule has 8 heteroatoms. The number of rotatable bonds is 3. The summed E-state index contributed by atoms with van der Waals surface area (Å²) >= 11 is 0. The third kappa shape index (κ3) is 2.00. The maximum atomic E-state index is 12.8. The van der Waals surface area contributed by atoms with Crippen molar-refractivity contribution in [1.82, 2.24) is 23.5 Å². The van der Waals surface area contributed by atoms with E-state index in [1.807, 2.05) is 30.3 Å². The first-order valence-corrected chi connectivity index (χ1v) is 7.33. The van der Waals surface area contributed by atoms with Crippen LogP contribution in [-0.2, 0) is 13.6 Å². The Kier molecular flexibility index (Phi) is 2.99. The van der Waals surface area contributed by atoms with Gasteiger partial charge in [-0.2, -0.15) is 0 Å². The summed E-state index contributed by atoms with van der Waals surface area (Å²) < 4.78 is 4.78. The molecular weight excluding hydrogens is 308 g/mol. The second-order valence-corrected chi connectivity index (χ2v) is 5.55. The maximum absolute atomic E-state index is 12.8. The van der Waals surface area contributed by atoms with E-state index in [-0.39, 0.29) is 11.3 Å². The lowest BCUT2D eigenvalue weighted by Gasteiger charge is -2.06. The Bertz CT molecular complexity index is 1140. The van der Waals surface area contributed by atoms with Gasteiger partial charge in [0.15, 0.2) is 11.2 Å². The molecule has 0 aliphatic carbocycles. The zero-order valence-electron chi connectivity index (χ0n) is 12.9. The number of imidazole rings is 2. The lowest BCUT2D eigenvalue weighted by Crippen LogP contribution is -2.19. The topological polar surface area (TPSA) is 100 Å². The summed E-state index contributed by atoms with van der Waals surface area (Å²) in [5.41, 5.74) is 7.03. The molecule has 120 valence electrons. The molecule has 0 saturated heterocycles. The van der Waals surface area contributed by atoms with E-state index in [9.17, 15) is 9.59 Å². The fourth-order valence-corrected chi connectivity index (χ4v) is 2.82. The minimum atomic E-state index is -0.678. The minimum absolute atomic E-state index is 0.0463. The van der Waals surface area contributed by atoms with Crippen LogP contribution in [0.25, 0.3) is 16.9 Å². The first-order valence-electron chi connectivity index (χ1n) is 7.33. The number of aromatic nitrogens is 5. The molecular formula is C16H14N6O2. The van der Waals surface area contributed by atoms with Crippen LogP contribution in [0.15, 0.2) is 47.7 Å². The molecule has 1 amide bonds. The SMILES string of the molecule is Cn1c2ncn(Cc3ccccc3)c2c(=O)n2cc(C(N)=O)nc12. The highest BCUT2D eigenvalue weighted by molar-refractivity contribution is 5.91. The molecule has 8 nitrogen and oxygen atoms in total. The number of nitrogens with two attached hydrogens (primary N) is 1. The van der Waals surface area contributed by atoms with Gasteiger partial charge in [0.05, 0.1) is 6.33 Å². The van der Waals surface area contributed by atoms with Crippen LogP contribution in [0.5, 0.6) is 0 Å². The van der Waals surface area contributed by atoms with Gasteiger partial charge in [-0.05, 0) is 5.56 Å². The fraction of sp³-hybridized carbons (Fsp3) is 0.125. The maximum Gasteiger partial charge on any atom is 0.285 e. The zero-order chi connectivity index (χ0) is 16.8. The summed E-state index contributed by atoms with van der Waals surface area (Å²) in [5.74, 6) is -0.353. The molecule has 2 N–H and O–H groups in total. The summed E-state index contributed by atoms with van der Waals surface area (Å²) in [6, 6.07) is 9.79. The first-order chi connectivity index (χ1) is 11.6. The van der Waals surface area contributed by atoms with Gasteiger partial charge in [0.25, 0.3) is 11.5 Å². The summed E-state index contributed by atoms with van der Waals surface area (Å²) in [7, 11) is 1.74. The van der Waals surface area contributed by atoms with Gasteiger partial charge >= 0.3 is 0 Å². The van der Waals surface area contributed by atoms with Gasteiger partial charge in [-0.1, -0.05) is 30.3 Å². The van der Waals surface area contributed by atoms with Gasteiger partial charge in [0.1, 0.15) is 5.69 Å². The molecule has 0 aliphatic rings. The van der Waals surface area contributed by atoms with Gasteiger partial charge in [0, 0.05) is 19.8 Å². The van der Waals surface area contributed by atoms with Crippen molar-refractivity contribution in [1.29, 1.82) is 0 Å². The van der Waals surface area contributed by atoms with E-state index in [2.05, 4.69) is 9.97 Å². The third-order valence-corrected chi connectivity index (χ3v) is 3.99. The second kappa shape index (κ2) is 5.05. The Morgan fingerprint density at radius 2 is 2.00 bits per heavy atom. The number of primary amides is 1. The van der Waals surface area contributed by atoms with Crippen LogP contribution in [0, 0.1) is 0 Å². The van der Waals surface area contributed by atoms with Gasteiger partial charge < -0.3 is 10.3 Å². The third-order valence-electron chi connectivity index (χ3n) is 3.99. The molecule has 0 bridgehead atoms. The molecule has 4 aromatic rings. The molecule has 0 unspecified atom stereocenters. The van der Waals surface area contributed by atoms with Crippen molar-refractivity contribution in [3.8, 4) is 0 Å². The van der Waals surface area contributed by atoms with E-state index < -0.39 is 5.91 Å². The first kappa shape index (κ1) is 14.2. The highest BCUT2D eigenvalue weighted by Gasteiger charge is 2.17. The van der Waals surface area contributed by atoms with E-state index in [4.69, 9.17) is 5.73 Å². The van der Waals surface area contributed by atoms with Crippen LogP contribution in [0.4, 0.5) is 0 Å². The highest BCUT2D eigenvalue weighted by atomic mass is 16.1. The van der Waals surface area contributed by atoms with Crippen molar-refractivity contribution in [3.63, 3.8) is 0 Å². The predicted octanol–water partition coefficient (Wildman–Crippen LogP) is 0.530. The molecule has 0 saturated carbocycles. The lowest BCUT2D eigenvalue weighted by atomic mass is 10.2. The van der Waals surface area contributed by atoms with Gasteiger partial charge in [-0.3, -0.25) is 14.2 Å². The Balaban J connectivity index is 1.98.